The zero-order valence-electron chi connectivity index (χ0n) is 14.6. The average Bonchev–Trinajstić information content (AvgIpc) is 3.01. The van der Waals surface area contributed by atoms with Gasteiger partial charge in [0.25, 0.3) is 5.56 Å². The molecule has 4 rings (SSSR count). The number of fused-ring (bicyclic) bond motifs is 3. The van der Waals surface area contributed by atoms with Crippen LogP contribution in [-0.2, 0) is 30.7 Å². The maximum absolute atomic E-state index is 12.8. The van der Waals surface area contributed by atoms with Crippen molar-refractivity contribution < 1.29 is 4.79 Å². The Morgan fingerprint density at radius 3 is 2.96 bits per heavy atom. The number of hydrogen-bond donors (Lipinski definition) is 1. The van der Waals surface area contributed by atoms with Gasteiger partial charge < -0.3 is 5.32 Å². The van der Waals surface area contributed by atoms with Gasteiger partial charge in [-0.2, -0.15) is 0 Å². The van der Waals surface area contributed by atoms with Crippen molar-refractivity contribution in [1.82, 2.24) is 20.3 Å². The minimum atomic E-state index is -0.248. The number of thiophene rings is 1. The second-order valence-electron chi connectivity index (χ2n) is 6.85. The van der Waals surface area contributed by atoms with E-state index >= 15 is 0 Å². The summed E-state index contributed by atoms with van der Waals surface area (Å²) in [6.45, 7) is 2.54. The quantitative estimate of drug-likeness (QED) is 0.767. The Labute approximate surface area is 154 Å². The molecule has 0 saturated heterocycles. The summed E-state index contributed by atoms with van der Waals surface area (Å²) in [6, 6.07) is 9.66. The molecule has 6 nitrogen and oxygen atoms in total. The van der Waals surface area contributed by atoms with E-state index in [0.717, 1.165) is 30.4 Å². The molecule has 1 aliphatic carbocycles. The topological polar surface area (TPSA) is 76.9 Å². The molecule has 26 heavy (non-hydrogen) atoms. The number of benzene rings is 1. The standard InChI is InChI=1S/C19H20N4O2S/c1-12-7-8-14-15(9-12)26-18-17(14)19(25)23(22-21-18)11-16(24)20-10-13-5-3-2-4-6-13/h2-6,12H,7-11H2,1H3,(H,20,24)/t12-/m0/s1. The number of aryl methyl sites for hydroxylation is 1. The highest BCUT2D eigenvalue weighted by Gasteiger charge is 2.24. The van der Waals surface area contributed by atoms with Crippen molar-refractivity contribution in [2.45, 2.75) is 39.3 Å². The van der Waals surface area contributed by atoms with Crippen LogP contribution in [0.1, 0.15) is 29.3 Å². The molecule has 0 saturated carbocycles. The summed E-state index contributed by atoms with van der Waals surface area (Å²) in [7, 11) is 0. The van der Waals surface area contributed by atoms with Crippen molar-refractivity contribution in [1.29, 1.82) is 0 Å². The van der Waals surface area contributed by atoms with Crippen LogP contribution >= 0.6 is 11.3 Å². The maximum Gasteiger partial charge on any atom is 0.279 e. The van der Waals surface area contributed by atoms with Crippen molar-refractivity contribution >= 4 is 27.5 Å². The van der Waals surface area contributed by atoms with Crippen LogP contribution in [-0.4, -0.2) is 20.9 Å². The molecule has 1 N–H and O–H groups in total. The molecule has 1 amide bonds. The van der Waals surface area contributed by atoms with Gasteiger partial charge in [0.1, 0.15) is 6.54 Å². The highest BCUT2D eigenvalue weighted by Crippen LogP contribution is 2.35. The summed E-state index contributed by atoms with van der Waals surface area (Å²) >= 11 is 1.57. The first-order valence-corrected chi connectivity index (χ1v) is 9.62. The van der Waals surface area contributed by atoms with E-state index in [4.69, 9.17) is 0 Å². The Morgan fingerprint density at radius 2 is 2.15 bits per heavy atom. The molecule has 1 aromatic carbocycles. The number of hydrogen-bond acceptors (Lipinski definition) is 5. The first-order chi connectivity index (χ1) is 12.6. The fourth-order valence-electron chi connectivity index (χ4n) is 3.38. The normalized spacial score (nSPS) is 16.4. The van der Waals surface area contributed by atoms with E-state index in [2.05, 4.69) is 22.6 Å². The molecule has 0 unspecified atom stereocenters. The van der Waals surface area contributed by atoms with Crippen LogP contribution in [0.3, 0.4) is 0 Å². The molecular weight excluding hydrogens is 348 g/mol. The number of carbonyl (C=O) groups excluding carboxylic acids is 1. The van der Waals surface area contributed by atoms with Gasteiger partial charge in [-0.25, -0.2) is 4.68 Å². The highest BCUT2D eigenvalue weighted by molar-refractivity contribution is 7.18. The van der Waals surface area contributed by atoms with Gasteiger partial charge in [-0.3, -0.25) is 9.59 Å². The van der Waals surface area contributed by atoms with Crippen molar-refractivity contribution in [2.75, 3.05) is 0 Å². The molecule has 2 heterocycles. The third kappa shape index (κ3) is 3.26. The Balaban J connectivity index is 1.54. The zero-order chi connectivity index (χ0) is 18.1. The van der Waals surface area contributed by atoms with E-state index in [-0.39, 0.29) is 18.0 Å². The molecule has 3 aromatic rings. The van der Waals surface area contributed by atoms with Crippen LogP contribution in [0.4, 0.5) is 0 Å². The Morgan fingerprint density at radius 1 is 1.35 bits per heavy atom. The Hall–Kier alpha value is -2.54. The SMILES string of the molecule is C[C@H]1CCc2c(sc3nnn(CC(=O)NCc4ccccc4)c(=O)c23)C1. The fraction of sp³-hybridized carbons (Fsp3) is 0.368. The smallest absolute Gasteiger partial charge is 0.279 e. The van der Waals surface area contributed by atoms with E-state index in [1.165, 1.54) is 9.56 Å². The summed E-state index contributed by atoms with van der Waals surface area (Å²) in [5.74, 6) is 0.386. The van der Waals surface area contributed by atoms with E-state index < -0.39 is 0 Å². The molecule has 2 aromatic heterocycles. The highest BCUT2D eigenvalue weighted by atomic mass is 32.1. The van der Waals surface area contributed by atoms with Gasteiger partial charge in [0.15, 0.2) is 4.83 Å². The molecular formula is C19H20N4O2S. The molecule has 7 heteroatoms. The number of aromatic nitrogens is 3. The third-order valence-corrected chi connectivity index (χ3v) is 5.95. The van der Waals surface area contributed by atoms with Crippen molar-refractivity contribution in [3.05, 3.63) is 56.7 Å². The van der Waals surface area contributed by atoms with Crippen LogP contribution in [0.5, 0.6) is 0 Å². The number of nitrogens with zero attached hydrogens (tertiary/aromatic N) is 3. The van der Waals surface area contributed by atoms with E-state index in [1.807, 2.05) is 30.3 Å². The minimum absolute atomic E-state index is 0.115. The van der Waals surface area contributed by atoms with Gasteiger partial charge in [-0.05, 0) is 36.3 Å². The predicted octanol–water partition coefficient (Wildman–Crippen LogP) is 2.29. The van der Waals surface area contributed by atoms with Gasteiger partial charge in [0, 0.05) is 11.4 Å². The summed E-state index contributed by atoms with van der Waals surface area (Å²) in [5.41, 5.74) is 1.91. The fourth-order valence-corrected chi connectivity index (χ4v) is 4.70. The number of rotatable bonds is 4. The van der Waals surface area contributed by atoms with E-state index in [9.17, 15) is 9.59 Å². The van der Waals surface area contributed by atoms with Crippen molar-refractivity contribution in [2.24, 2.45) is 5.92 Å². The summed E-state index contributed by atoms with van der Waals surface area (Å²) in [6.07, 6.45) is 2.98. The lowest BCUT2D eigenvalue weighted by molar-refractivity contribution is -0.122. The maximum atomic E-state index is 12.8. The van der Waals surface area contributed by atoms with Crippen LogP contribution in [0, 0.1) is 5.92 Å². The number of amides is 1. The predicted molar refractivity (Wildman–Crippen MR) is 101 cm³/mol. The first kappa shape index (κ1) is 16.9. The lowest BCUT2D eigenvalue weighted by Crippen LogP contribution is -2.34. The van der Waals surface area contributed by atoms with Crippen LogP contribution in [0.2, 0.25) is 0 Å². The summed E-state index contributed by atoms with van der Waals surface area (Å²) in [4.78, 5) is 27.0. The zero-order valence-corrected chi connectivity index (χ0v) is 15.4. The van der Waals surface area contributed by atoms with Crippen LogP contribution in [0.25, 0.3) is 10.2 Å². The Kier molecular flexibility index (Phi) is 4.55. The summed E-state index contributed by atoms with van der Waals surface area (Å²) in [5, 5.41) is 11.6. The van der Waals surface area contributed by atoms with Crippen LogP contribution in [0.15, 0.2) is 35.1 Å². The van der Waals surface area contributed by atoms with Gasteiger partial charge in [0.2, 0.25) is 5.91 Å². The second-order valence-corrected chi connectivity index (χ2v) is 7.93. The lowest BCUT2D eigenvalue weighted by Gasteiger charge is -2.17. The number of carbonyl (C=O) groups is 1. The van der Waals surface area contributed by atoms with Crippen LogP contribution < -0.4 is 10.9 Å². The molecule has 0 radical (unpaired) electrons. The largest absolute Gasteiger partial charge is 0.350 e. The second kappa shape index (κ2) is 6.99. The van der Waals surface area contributed by atoms with E-state index in [1.54, 1.807) is 11.3 Å². The molecule has 1 atom stereocenters. The molecule has 0 fully saturated rings. The molecule has 134 valence electrons. The molecule has 0 bridgehead atoms. The molecule has 1 aliphatic rings. The number of nitrogens with one attached hydrogen (secondary N) is 1. The van der Waals surface area contributed by atoms with E-state index in [0.29, 0.717) is 22.7 Å². The summed E-state index contributed by atoms with van der Waals surface area (Å²) < 4.78 is 1.17. The Bertz CT molecular complexity index is 1010. The first-order valence-electron chi connectivity index (χ1n) is 8.80. The van der Waals surface area contributed by atoms with Gasteiger partial charge >= 0.3 is 0 Å². The lowest BCUT2D eigenvalue weighted by atomic mass is 9.89. The average molecular weight is 368 g/mol. The van der Waals surface area contributed by atoms with Gasteiger partial charge in [-0.15, -0.1) is 16.4 Å². The van der Waals surface area contributed by atoms with Crippen molar-refractivity contribution in [3.8, 4) is 0 Å². The van der Waals surface area contributed by atoms with Crippen molar-refractivity contribution in [3.63, 3.8) is 0 Å². The minimum Gasteiger partial charge on any atom is -0.350 e. The van der Waals surface area contributed by atoms with Gasteiger partial charge in [0.05, 0.1) is 5.39 Å². The monoisotopic (exact) mass is 368 g/mol. The third-order valence-electron chi connectivity index (χ3n) is 4.81. The van der Waals surface area contributed by atoms with Gasteiger partial charge in [-0.1, -0.05) is 42.5 Å². The molecule has 0 spiro atoms. The molecule has 0 aliphatic heterocycles.